The second kappa shape index (κ2) is 7.53. The lowest BCUT2D eigenvalue weighted by Gasteiger charge is -2.08. The van der Waals surface area contributed by atoms with Gasteiger partial charge in [-0.15, -0.1) is 10.2 Å². The molecule has 0 amide bonds. The van der Waals surface area contributed by atoms with Gasteiger partial charge in [-0.05, 0) is 55.7 Å². The monoisotopic (exact) mass is 423 g/mol. The molecule has 0 bridgehead atoms. The predicted octanol–water partition coefficient (Wildman–Crippen LogP) is 4.31. The molecule has 1 aromatic carbocycles. The number of esters is 1. The molecule has 1 unspecified atom stereocenters. The molecule has 0 fully saturated rings. The lowest BCUT2D eigenvalue weighted by Crippen LogP contribution is -2.08. The van der Waals surface area contributed by atoms with Crippen LogP contribution in [0.5, 0.6) is 0 Å². The Hall–Kier alpha value is -3.26. The Morgan fingerprint density at radius 2 is 2.20 bits per heavy atom. The third-order valence-corrected chi connectivity index (χ3v) is 5.55. The van der Waals surface area contributed by atoms with E-state index in [4.69, 9.17) is 20.9 Å². The Balaban J connectivity index is 1.45. The molecule has 8 nitrogen and oxygen atoms in total. The molecule has 3 heterocycles. The Kier molecular flexibility index (Phi) is 4.71. The number of nitrogens with one attached hydrogen (secondary N) is 1. The van der Waals surface area contributed by atoms with Gasteiger partial charge in [-0.3, -0.25) is 4.79 Å². The maximum atomic E-state index is 11.9. The Bertz CT molecular complexity index is 1230. The minimum absolute atomic E-state index is 0.153. The highest BCUT2D eigenvalue weighted by molar-refractivity contribution is 6.29. The van der Waals surface area contributed by atoms with Gasteiger partial charge in [-0.1, -0.05) is 16.8 Å². The highest BCUT2D eigenvalue weighted by atomic mass is 35.5. The van der Waals surface area contributed by atoms with Crippen molar-refractivity contribution in [2.75, 3.05) is 6.61 Å². The van der Waals surface area contributed by atoms with Crippen LogP contribution in [0.4, 0.5) is 0 Å². The van der Waals surface area contributed by atoms with Crippen LogP contribution in [0.25, 0.3) is 33.9 Å². The lowest BCUT2D eigenvalue weighted by molar-refractivity contribution is -0.143. The van der Waals surface area contributed by atoms with Gasteiger partial charge in [0.1, 0.15) is 0 Å². The van der Waals surface area contributed by atoms with Crippen LogP contribution in [0.15, 0.2) is 34.9 Å². The average Bonchev–Trinajstić information content (AvgIpc) is 3.45. The third-order valence-electron chi connectivity index (χ3n) is 5.34. The standard InChI is InChI=1S/C21H18ClN5O3/c1-2-29-18(28)10-11-3-5-13-14-9-12(4-6-15(14)23-19(11)13)20-24-21(30-27-20)16-7-8-17(22)26-25-16/h4,6-9,11,23H,2-3,5,10H2,1H3. The number of benzene rings is 1. The van der Waals surface area contributed by atoms with Crippen molar-refractivity contribution in [2.45, 2.75) is 32.1 Å². The molecule has 0 saturated carbocycles. The van der Waals surface area contributed by atoms with Gasteiger partial charge >= 0.3 is 5.97 Å². The predicted molar refractivity (Wildman–Crippen MR) is 110 cm³/mol. The van der Waals surface area contributed by atoms with Crippen LogP contribution in [-0.4, -0.2) is 37.9 Å². The van der Waals surface area contributed by atoms with E-state index in [0.29, 0.717) is 29.7 Å². The lowest BCUT2D eigenvalue weighted by atomic mass is 10.0. The number of fused-ring (bicyclic) bond motifs is 3. The topological polar surface area (TPSA) is 107 Å². The summed E-state index contributed by atoms with van der Waals surface area (Å²) in [5.41, 5.74) is 4.71. The van der Waals surface area contributed by atoms with E-state index < -0.39 is 0 Å². The Morgan fingerprint density at radius 1 is 1.30 bits per heavy atom. The zero-order valence-corrected chi connectivity index (χ0v) is 16.9. The van der Waals surface area contributed by atoms with Crippen molar-refractivity contribution >= 4 is 28.5 Å². The number of hydrogen-bond acceptors (Lipinski definition) is 7. The number of hydrogen-bond donors (Lipinski definition) is 1. The van der Waals surface area contributed by atoms with Crippen molar-refractivity contribution in [2.24, 2.45) is 0 Å². The summed E-state index contributed by atoms with van der Waals surface area (Å²) in [6.45, 7) is 2.23. The van der Waals surface area contributed by atoms with Gasteiger partial charge in [0.2, 0.25) is 5.82 Å². The molecular formula is C21H18ClN5O3. The molecule has 152 valence electrons. The van der Waals surface area contributed by atoms with Crippen LogP contribution in [0, 0.1) is 0 Å². The summed E-state index contributed by atoms with van der Waals surface area (Å²) in [7, 11) is 0. The van der Waals surface area contributed by atoms with Crippen LogP contribution >= 0.6 is 11.6 Å². The maximum Gasteiger partial charge on any atom is 0.306 e. The van der Waals surface area contributed by atoms with Gasteiger partial charge in [0.25, 0.3) is 5.89 Å². The maximum absolute atomic E-state index is 11.9. The second-order valence-electron chi connectivity index (χ2n) is 7.19. The Labute approximate surface area is 176 Å². The largest absolute Gasteiger partial charge is 0.466 e. The van der Waals surface area contributed by atoms with E-state index in [1.54, 1.807) is 12.1 Å². The fourth-order valence-electron chi connectivity index (χ4n) is 3.99. The van der Waals surface area contributed by atoms with Crippen molar-refractivity contribution < 1.29 is 14.1 Å². The summed E-state index contributed by atoms with van der Waals surface area (Å²) >= 11 is 5.78. The van der Waals surface area contributed by atoms with E-state index >= 15 is 0 Å². The van der Waals surface area contributed by atoms with Crippen molar-refractivity contribution in [3.63, 3.8) is 0 Å². The van der Waals surface area contributed by atoms with Gasteiger partial charge in [0, 0.05) is 28.1 Å². The highest BCUT2D eigenvalue weighted by Gasteiger charge is 2.29. The first-order chi connectivity index (χ1) is 14.6. The van der Waals surface area contributed by atoms with Gasteiger partial charge in [-0.2, -0.15) is 4.98 Å². The number of halogens is 1. The van der Waals surface area contributed by atoms with Crippen molar-refractivity contribution in [3.05, 3.63) is 46.7 Å². The molecule has 1 aliphatic rings. The molecule has 1 aliphatic carbocycles. The number of rotatable bonds is 5. The second-order valence-corrected chi connectivity index (χ2v) is 7.57. The van der Waals surface area contributed by atoms with E-state index in [1.807, 2.05) is 19.1 Å². The van der Waals surface area contributed by atoms with Crippen molar-refractivity contribution in [3.8, 4) is 23.0 Å². The van der Waals surface area contributed by atoms with E-state index in [9.17, 15) is 4.79 Å². The van der Waals surface area contributed by atoms with E-state index in [1.165, 1.54) is 5.56 Å². The Morgan fingerprint density at radius 3 is 3.00 bits per heavy atom. The van der Waals surface area contributed by atoms with Gasteiger partial charge in [-0.25, -0.2) is 0 Å². The molecule has 30 heavy (non-hydrogen) atoms. The van der Waals surface area contributed by atoms with Crippen LogP contribution < -0.4 is 0 Å². The summed E-state index contributed by atoms with van der Waals surface area (Å²) in [4.78, 5) is 19.9. The molecule has 0 spiro atoms. The fraction of sp³-hybridized carbons (Fsp3) is 0.286. The van der Waals surface area contributed by atoms with E-state index in [0.717, 1.165) is 35.0 Å². The molecule has 0 radical (unpaired) electrons. The highest BCUT2D eigenvalue weighted by Crippen LogP contribution is 2.40. The van der Waals surface area contributed by atoms with Gasteiger partial charge in [0.15, 0.2) is 10.8 Å². The molecule has 0 aliphatic heterocycles. The zero-order chi connectivity index (χ0) is 20.7. The van der Waals surface area contributed by atoms with E-state index in [-0.39, 0.29) is 17.8 Å². The first kappa shape index (κ1) is 18.7. The fourth-order valence-corrected chi connectivity index (χ4v) is 4.09. The van der Waals surface area contributed by atoms with Crippen LogP contribution in [-0.2, 0) is 16.0 Å². The van der Waals surface area contributed by atoms with Gasteiger partial charge in [0.05, 0.1) is 13.0 Å². The molecule has 9 heteroatoms. The number of H-pyrrole nitrogens is 1. The minimum atomic E-state index is -0.153. The molecule has 5 rings (SSSR count). The molecule has 0 saturated heterocycles. The quantitative estimate of drug-likeness (QED) is 0.476. The number of aromatic nitrogens is 5. The summed E-state index contributed by atoms with van der Waals surface area (Å²) in [6, 6.07) is 9.30. The number of nitrogens with zero attached hydrogens (tertiary/aromatic N) is 4. The molecule has 4 aromatic rings. The van der Waals surface area contributed by atoms with Crippen LogP contribution in [0.1, 0.15) is 36.9 Å². The molecule has 1 N–H and O–H groups in total. The van der Waals surface area contributed by atoms with Crippen molar-refractivity contribution in [1.82, 2.24) is 25.3 Å². The summed E-state index contributed by atoms with van der Waals surface area (Å²) < 4.78 is 10.5. The van der Waals surface area contributed by atoms with E-state index in [2.05, 4.69) is 31.4 Å². The number of aromatic amines is 1. The number of ether oxygens (including phenoxy) is 1. The molecular weight excluding hydrogens is 406 g/mol. The zero-order valence-electron chi connectivity index (χ0n) is 16.2. The number of aryl methyl sites for hydroxylation is 1. The normalized spacial score (nSPS) is 15.5. The first-order valence-electron chi connectivity index (χ1n) is 9.76. The average molecular weight is 424 g/mol. The number of carbonyl (C=O) groups excluding carboxylic acids is 1. The van der Waals surface area contributed by atoms with Gasteiger partial charge < -0.3 is 14.2 Å². The summed E-state index contributed by atoms with van der Waals surface area (Å²) in [5.74, 6) is 0.761. The number of carbonyl (C=O) groups is 1. The summed E-state index contributed by atoms with van der Waals surface area (Å²) in [6.07, 6.45) is 2.25. The third kappa shape index (κ3) is 3.33. The van der Waals surface area contributed by atoms with Crippen LogP contribution in [0.3, 0.4) is 0 Å². The van der Waals surface area contributed by atoms with Crippen LogP contribution in [0.2, 0.25) is 5.15 Å². The smallest absolute Gasteiger partial charge is 0.306 e. The summed E-state index contributed by atoms with van der Waals surface area (Å²) in [5, 5.41) is 13.3. The molecule has 3 aromatic heterocycles. The molecule has 1 atom stereocenters. The minimum Gasteiger partial charge on any atom is -0.466 e. The van der Waals surface area contributed by atoms with Crippen molar-refractivity contribution in [1.29, 1.82) is 0 Å². The first-order valence-corrected chi connectivity index (χ1v) is 10.1. The SMILES string of the molecule is CCOC(=O)CC1CCc2c1[nH]c1ccc(-c3noc(-c4ccc(Cl)nn4)n3)cc21.